The highest BCUT2D eigenvalue weighted by molar-refractivity contribution is 7.17. The fourth-order valence-electron chi connectivity index (χ4n) is 6.63. The normalized spacial score (nSPS) is 29.6. The van der Waals surface area contributed by atoms with E-state index < -0.39 is 29.3 Å². The van der Waals surface area contributed by atoms with Gasteiger partial charge in [0.2, 0.25) is 17.7 Å². The Hall–Kier alpha value is -3.04. The van der Waals surface area contributed by atoms with Gasteiger partial charge in [0.05, 0.1) is 24.5 Å². The van der Waals surface area contributed by atoms with Crippen molar-refractivity contribution in [1.29, 1.82) is 0 Å². The largest absolute Gasteiger partial charge is 0.465 e. The van der Waals surface area contributed by atoms with E-state index in [0.29, 0.717) is 22.8 Å². The lowest BCUT2D eigenvalue weighted by Crippen LogP contribution is -2.54. The van der Waals surface area contributed by atoms with Gasteiger partial charge in [-0.3, -0.25) is 19.3 Å². The quantitative estimate of drug-likeness (QED) is 0.526. The molecule has 1 aromatic carbocycles. The second-order valence-corrected chi connectivity index (χ2v) is 10.8. The summed E-state index contributed by atoms with van der Waals surface area (Å²) in [5.41, 5.74) is 2.17. The number of hydrogen-bond acceptors (Lipinski definition) is 7. The lowest BCUT2D eigenvalue weighted by atomic mass is 9.75. The number of thiophene rings is 1. The van der Waals surface area contributed by atoms with Gasteiger partial charge in [0.25, 0.3) is 0 Å². The molecule has 0 radical (unpaired) electrons. The molecule has 34 heavy (non-hydrogen) atoms. The van der Waals surface area contributed by atoms with Gasteiger partial charge in [-0.2, -0.15) is 0 Å². The molecule has 1 aromatic heterocycles. The lowest BCUT2D eigenvalue weighted by molar-refractivity contribution is -0.135. The number of hydrogen-bond donors (Lipinski definition) is 1. The number of nitrogens with one attached hydrogen (secondary N) is 1. The monoisotopic (exact) mass is 479 g/mol. The molecule has 176 valence electrons. The first kappa shape index (κ1) is 21.5. The summed E-state index contributed by atoms with van der Waals surface area (Å²) in [5, 5.41) is 3.29. The molecule has 3 saturated heterocycles. The first-order valence-corrected chi connectivity index (χ1v) is 12.3. The molecule has 0 saturated carbocycles. The average molecular weight is 480 g/mol. The van der Waals surface area contributed by atoms with Crippen LogP contribution in [0.3, 0.4) is 0 Å². The summed E-state index contributed by atoms with van der Waals surface area (Å²) < 4.78 is 4.98. The Morgan fingerprint density at radius 1 is 1.18 bits per heavy atom. The molecule has 4 aliphatic rings. The Kier molecular flexibility index (Phi) is 4.42. The van der Waals surface area contributed by atoms with Crippen molar-refractivity contribution in [2.24, 2.45) is 11.8 Å². The highest BCUT2D eigenvalue weighted by atomic mass is 32.1. The number of methoxy groups -OCH3 is 1. The van der Waals surface area contributed by atoms with Crippen molar-refractivity contribution in [2.75, 3.05) is 23.9 Å². The zero-order valence-electron chi connectivity index (χ0n) is 19.4. The number of imide groups is 1. The third-order valence-corrected chi connectivity index (χ3v) is 9.30. The van der Waals surface area contributed by atoms with Crippen LogP contribution in [0.1, 0.15) is 44.8 Å². The molecule has 1 spiro atoms. The topological polar surface area (TPSA) is 96.0 Å². The van der Waals surface area contributed by atoms with E-state index in [1.165, 1.54) is 23.3 Å². The Bertz CT molecular complexity index is 1320. The van der Waals surface area contributed by atoms with Crippen LogP contribution in [0, 0.1) is 32.6 Å². The number of carbonyl (C=O) groups is 4. The molecule has 0 aliphatic carbocycles. The first-order chi connectivity index (χ1) is 16.2. The number of nitrogens with zero attached hydrogens (tertiary/aromatic N) is 2. The van der Waals surface area contributed by atoms with Crippen molar-refractivity contribution < 1.29 is 23.9 Å². The summed E-state index contributed by atoms with van der Waals surface area (Å²) >= 11 is 1.24. The van der Waals surface area contributed by atoms with E-state index >= 15 is 0 Å². The van der Waals surface area contributed by atoms with Crippen LogP contribution in [0.15, 0.2) is 18.2 Å². The van der Waals surface area contributed by atoms with Crippen molar-refractivity contribution in [3.05, 3.63) is 45.3 Å². The minimum absolute atomic E-state index is 0.201. The van der Waals surface area contributed by atoms with E-state index in [1.807, 2.05) is 32.0 Å². The Labute approximate surface area is 200 Å². The smallest absolute Gasteiger partial charge is 0.341 e. The van der Waals surface area contributed by atoms with Crippen molar-refractivity contribution in [2.45, 2.75) is 45.2 Å². The molecule has 4 atom stereocenters. The standard InChI is InChI=1S/C25H25N3O5S/c1-11-7-8-15-14(10-11)25(24(32)26-15)19-18(16-6-5-9-27(16)25)20(29)28(21(19)30)22-17(23(31)33-4)12(2)13(3)34-22/h7-8,10,16,18-19H,5-6,9H2,1-4H3,(H,26,32)/t16-,18+,19+,25+/m0/s1. The van der Waals surface area contributed by atoms with Gasteiger partial charge in [-0.25, -0.2) is 9.69 Å². The van der Waals surface area contributed by atoms with Crippen LogP contribution < -0.4 is 10.2 Å². The molecule has 3 fully saturated rings. The van der Waals surface area contributed by atoms with E-state index in [-0.39, 0.29) is 23.4 Å². The maximum Gasteiger partial charge on any atom is 0.341 e. The molecule has 4 aliphatic heterocycles. The maximum absolute atomic E-state index is 14.2. The number of amides is 3. The zero-order valence-corrected chi connectivity index (χ0v) is 20.2. The van der Waals surface area contributed by atoms with Crippen LogP contribution >= 0.6 is 11.3 Å². The average Bonchev–Trinajstić information content (AvgIpc) is 3.56. The molecule has 8 nitrogen and oxygen atoms in total. The number of fused-ring (bicyclic) bond motifs is 7. The molecule has 0 bridgehead atoms. The second-order valence-electron chi connectivity index (χ2n) is 9.64. The highest BCUT2D eigenvalue weighted by Gasteiger charge is 2.75. The predicted molar refractivity (Wildman–Crippen MR) is 126 cm³/mol. The summed E-state index contributed by atoms with van der Waals surface area (Å²) in [6, 6.07) is 5.56. The van der Waals surface area contributed by atoms with Crippen LogP contribution in [-0.4, -0.2) is 48.3 Å². The number of carbonyl (C=O) groups excluding carboxylic acids is 4. The van der Waals surface area contributed by atoms with Gasteiger partial charge in [0.1, 0.15) is 10.5 Å². The SMILES string of the molecule is COC(=O)c1c(N2C(=O)[C@@H]3[C@@H]4CCCN4[C@@]4(C(=O)Nc5ccc(C)cc54)[C@H]3C2=O)sc(C)c1C. The number of esters is 1. The fraction of sp³-hybridized carbons (Fsp3) is 0.440. The van der Waals surface area contributed by atoms with Crippen LogP contribution in [0.2, 0.25) is 0 Å². The molecule has 5 heterocycles. The fourth-order valence-corrected chi connectivity index (χ4v) is 7.78. The minimum Gasteiger partial charge on any atom is -0.465 e. The number of rotatable bonds is 2. The van der Waals surface area contributed by atoms with Crippen molar-refractivity contribution in [1.82, 2.24) is 4.90 Å². The summed E-state index contributed by atoms with van der Waals surface area (Å²) in [4.78, 5) is 58.6. The van der Waals surface area contributed by atoms with Gasteiger partial charge in [0, 0.05) is 22.2 Å². The van der Waals surface area contributed by atoms with Crippen LogP contribution in [0.25, 0.3) is 0 Å². The Balaban J connectivity index is 1.56. The van der Waals surface area contributed by atoms with E-state index in [4.69, 9.17) is 4.74 Å². The molecule has 3 amide bonds. The van der Waals surface area contributed by atoms with Gasteiger partial charge in [-0.15, -0.1) is 11.3 Å². The first-order valence-electron chi connectivity index (χ1n) is 11.5. The predicted octanol–water partition coefficient (Wildman–Crippen LogP) is 2.89. The summed E-state index contributed by atoms with van der Waals surface area (Å²) in [6.45, 7) is 6.25. The third kappa shape index (κ3) is 2.36. The number of anilines is 2. The van der Waals surface area contributed by atoms with Gasteiger partial charge in [0.15, 0.2) is 0 Å². The lowest BCUT2D eigenvalue weighted by Gasteiger charge is -2.36. The zero-order chi connectivity index (χ0) is 24.1. The number of benzene rings is 1. The molecular weight excluding hydrogens is 454 g/mol. The van der Waals surface area contributed by atoms with Gasteiger partial charge in [-0.1, -0.05) is 17.7 Å². The van der Waals surface area contributed by atoms with Gasteiger partial charge in [-0.05, 0) is 51.8 Å². The van der Waals surface area contributed by atoms with E-state index in [9.17, 15) is 19.2 Å². The summed E-state index contributed by atoms with van der Waals surface area (Å²) in [6.07, 6.45) is 1.60. The van der Waals surface area contributed by atoms with Crippen LogP contribution in [0.5, 0.6) is 0 Å². The Morgan fingerprint density at radius 3 is 2.68 bits per heavy atom. The van der Waals surface area contributed by atoms with Crippen molar-refractivity contribution >= 4 is 45.7 Å². The van der Waals surface area contributed by atoms with Gasteiger partial charge >= 0.3 is 5.97 Å². The Morgan fingerprint density at radius 2 is 1.94 bits per heavy atom. The molecule has 2 aromatic rings. The van der Waals surface area contributed by atoms with E-state index in [0.717, 1.165) is 28.8 Å². The number of aryl methyl sites for hydroxylation is 2. The van der Waals surface area contributed by atoms with E-state index in [1.54, 1.807) is 6.92 Å². The van der Waals surface area contributed by atoms with Crippen LogP contribution in [-0.2, 0) is 24.7 Å². The number of ether oxygens (including phenoxy) is 1. The van der Waals surface area contributed by atoms with Crippen molar-refractivity contribution in [3.8, 4) is 0 Å². The van der Waals surface area contributed by atoms with Gasteiger partial charge < -0.3 is 10.1 Å². The minimum atomic E-state index is -1.22. The van der Waals surface area contributed by atoms with E-state index in [2.05, 4.69) is 10.2 Å². The maximum atomic E-state index is 14.2. The second kappa shape index (κ2) is 6.99. The highest BCUT2D eigenvalue weighted by Crippen LogP contribution is 2.61. The molecule has 6 rings (SSSR count). The third-order valence-electron chi connectivity index (χ3n) is 8.11. The molecule has 1 N–H and O–H groups in total. The summed E-state index contributed by atoms with van der Waals surface area (Å²) in [5.74, 6) is -3.06. The molecule has 0 unspecified atom stereocenters. The van der Waals surface area contributed by atoms with Crippen molar-refractivity contribution in [3.63, 3.8) is 0 Å². The molecule has 9 heteroatoms. The summed E-state index contributed by atoms with van der Waals surface area (Å²) in [7, 11) is 1.29. The molecular formula is C25H25N3O5S. The van der Waals surface area contributed by atoms with Crippen LogP contribution in [0.4, 0.5) is 10.7 Å².